The molecule has 0 radical (unpaired) electrons. The minimum atomic E-state index is -1.31. The minimum absolute atomic E-state index is 0.0308. The average Bonchev–Trinajstić information content (AvgIpc) is 1.95. The zero-order chi connectivity index (χ0) is 10.4. The normalized spacial score (nSPS) is 12.0. The molecular formula is C7H11NO5. The van der Waals surface area contributed by atoms with Crippen LogP contribution in [-0.4, -0.2) is 28.1 Å². The molecule has 0 aliphatic carbocycles. The van der Waals surface area contributed by atoms with Gasteiger partial charge in [-0.1, -0.05) is 0 Å². The van der Waals surface area contributed by atoms with Gasteiger partial charge >= 0.3 is 11.9 Å². The van der Waals surface area contributed by atoms with E-state index in [9.17, 15) is 14.4 Å². The van der Waals surface area contributed by atoms with Crippen LogP contribution in [0.2, 0.25) is 0 Å². The van der Waals surface area contributed by atoms with Gasteiger partial charge in [-0.05, 0) is 12.8 Å². The molecule has 0 heterocycles. The zero-order valence-electron chi connectivity index (χ0n) is 6.90. The monoisotopic (exact) mass is 189 g/mol. The van der Waals surface area contributed by atoms with Crippen molar-refractivity contribution in [2.75, 3.05) is 0 Å². The molecule has 1 atom stereocenters. The summed E-state index contributed by atoms with van der Waals surface area (Å²) in [6, 6.07) is 0. The second kappa shape index (κ2) is 5.13. The van der Waals surface area contributed by atoms with E-state index in [-0.39, 0.29) is 19.3 Å². The molecule has 0 aromatic rings. The van der Waals surface area contributed by atoms with Gasteiger partial charge < -0.3 is 15.9 Å². The summed E-state index contributed by atoms with van der Waals surface area (Å²) in [6.07, 6.45) is -0.0523. The molecule has 0 aromatic carbocycles. The standard InChI is InChI=1S/C7H11NO5/c8-6(11)4(7(12)13)2-1-3-5(9)10/h4H,1-3H2,(H2,8,11)(H,9,10)(H,12,13). The summed E-state index contributed by atoms with van der Waals surface area (Å²) in [5, 5.41) is 16.7. The summed E-state index contributed by atoms with van der Waals surface area (Å²) in [5.74, 6) is -4.54. The first kappa shape index (κ1) is 11.4. The van der Waals surface area contributed by atoms with Crippen LogP contribution in [0.3, 0.4) is 0 Å². The van der Waals surface area contributed by atoms with Crippen LogP contribution in [0, 0.1) is 5.92 Å². The van der Waals surface area contributed by atoms with Crippen LogP contribution in [-0.2, 0) is 14.4 Å². The van der Waals surface area contributed by atoms with Crippen molar-refractivity contribution in [1.29, 1.82) is 0 Å². The summed E-state index contributed by atoms with van der Waals surface area (Å²) in [4.78, 5) is 30.9. The third-order valence-corrected chi connectivity index (χ3v) is 1.52. The lowest BCUT2D eigenvalue weighted by molar-refractivity contribution is -0.147. The summed E-state index contributed by atoms with van der Waals surface area (Å²) < 4.78 is 0. The van der Waals surface area contributed by atoms with Crippen LogP contribution < -0.4 is 5.73 Å². The van der Waals surface area contributed by atoms with E-state index in [0.29, 0.717) is 0 Å². The summed E-state index contributed by atoms with van der Waals surface area (Å²) >= 11 is 0. The number of nitrogens with two attached hydrogens (primary N) is 1. The van der Waals surface area contributed by atoms with E-state index in [4.69, 9.17) is 15.9 Å². The van der Waals surface area contributed by atoms with Gasteiger partial charge in [-0.15, -0.1) is 0 Å². The van der Waals surface area contributed by atoms with Gasteiger partial charge in [0.25, 0.3) is 0 Å². The molecule has 6 nitrogen and oxygen atoms in total. The Balaban J connectivity index is 3.91. The van der Waals surface area contributed by atoms with Gasteiger partial charge in [0.2, 0.25) is 5.91 Å². The van der Waals surface area contributed by atoms with Crippen LogP contribution in [0.1, 0.15) is 19.3 Å². The number of rotatable bonds is 6. The number of carboxylic acids is 2. The SMILES string of the molecule is NC(=O)C(CCCC(=O)O)C(=O)O. The lowest BCUT2D eigenvalue weighted by atomic mass is 10.0. The van der Waals surface area contributed by atoms with E-state index in [1.165, 1.54) is 0 Å². The Morgan fingerprint density at radius 3 is 2.08 bits per heavy atom. The highest BCUT2D eigenvalue weighted by Gasteiger charge is 2.23. The van der Waals surface area contributed by atoms with Crippen molar-refractivity contribution in [1.82, 2.24) is 0 Å². The van der Waals surface area contributed by atoms with E-state index in [1.807, 2.05) is 0 Å². The Bertz CT molecular complexity index is 211. The van der Waals surface area contributed by atoms with E-state index in [2.05, 4.69) is 0 Å². The molecule has 0 aromatic heterocycles. The fraction of sp³-hybridized carbons (Fsp3) is 0.571. The minimum Gasteiger partial charge on any atom is -0.481 e. The molecule has 13 heavy (non-hydrogen) atoms. The second-order valence-corrected chi connectivity index (χ2v) is 2.58. The zero-order valence-corrected chi connectivity index (χ0v) is 6.90. The number of carboxylic acid groups (broad SMARTS) is 2. The topological polar surface area (TPSA) is 118 Å². The molecule has 74 valence electrons. The molecular weight excluding hydrogens is 178 g/mol. The number of hydrogen-bond donors (Lipinski definition) is 3. The summed E-state index contributed by atoms with van der Waals surface area (Å²) in [5.41, 5.74) is 4.79. The van der Waals surface area contributed by atoms with Gasteiger partial charge in [0.15, 0.2) is 0 Å². The number of hydrogen-bond acceptors (Lipinski definition) is 3. The number of aliphatic carboxylic acids is 2. The Labute approximate surface area is 74.3 Å². The van der Waals surface area contributed by atoms with Gasteiger partial charge in [-0.3, -0.25) is 14.4 Å². The Kier molecular flexibility index (Phi) is 4.50. The van der Waals surface area contributed by atoms with E-state index in [0.717, 1.165) is 0 Å². The first-order valence-electron chi connectivity index (χ1n) is 3.69. The molecule has 0 fully saturated rings. The van der Waals surface area contributed by atoms with Crippen molar-refractivity contribution in [2.24, 2.45) is 11.7 Å². The van der Waals surface area contributed by atoms with E-state index >= 15 is 0 Å². The Morgan fingerprint density at radius 2 is 1.77 bits per heavy atom. The van der Waals surface area contributed by atoms with Crippen LogP contribution in [0.4, 0.5) is 0 Å². The van der Waals surface area contributed by atoms with Crippen molar-refractivity contribution in [2.45, 2.75) is 19.3 Å². The third kappa shape index (κ3) is 4.78. The van der Waals surface area contributed by atoms with Crippen LogP contribution in [0.15, 0.2) is 0 Å². The van der Waals surface area contributed by atoms with Crippen LogP contribution in [0.5, 0.6) is 0 Å². The molecule has 6 heteroatoms. The summed E-state index contributed by atoms with van der Waals surface area (Å²) in [6.45, 7) is 0. The fourth-order valence-electron chi connectivity index (χ4n) is 0.845. The fourth-order valence-corrected chi connectivity index (χ4v) is 0.845. The van der Waals surface area contributed by atoms with Crippen LogP contribution in [0.25, 0.3) is 0 Å². The van der Waals surface area contributed by atoms with Crippen molar-refractivity contribution < 1.29 is 24.6 Å². The highest BCUT2D eigenvalue weighted by molar-refractivity contribution is 5.95. The molecule has 1 unspecified atom stereocenters. The molecule has 0 bridgehead atoms. The summed E-state index contributed by atoms with van der Waals surface area (Å²) in [7, 11) is 0. The van der Waals surface area contributed by atoms with Gasteiger partial charge in [0, 0.05) is 6.42 Å². The number of carbonyl (C=O) groups excluding carboxylic acids is 1. The largest absolute Gasteiger partial charge is 0.481 e. The number of primary amides is 1. The van der Waals surface area contributed by atoms with Gasteiger partial charge in [0.1, 0.15) is 5.92 Å². The molecule has 0 aliphatic rings. The molecule has 4 N–H and O–H groups in total. The Morgan fingerprint density at radius 1 is 1.23 bits per heavy atom. The lowest BCUT2D eigenvalue weighted by Gasteiger charge is -2.05. The first-order valence-corrected chi connectivity index (χ1v) is 3.69. The highest BCUT2D eigenvalue weighted by atomic mass is 16.4. The second-order valence-electron chi connectivity index (χ2n) is 2.58. The van der Waals surface area contributed by atoms with E-state index in [1.54, 1.807) is 0 Å². The van der Waals surface area contributed by atoms with Crippen molar-refractivity contribution in [3.63, 3.8) is 0 Å². The van der Waals surface area contributed by atoms with Crippen molar-refractivity contribution in [3.8, 4) is 0 Å². The van der Waals surface area contributed by atoms with Gasteiger partial charge in [-0.2, -0.15) is 0 Å². The highest BCUT2D eigenvalue weighted by Crippen LogP contribution is 2.08. The maximum Gasteiger partial charge on any atom is 0.316 e. The Hall–Kier alpha value is -1.59. The van der Waals surface area contributed by atoms with Crippen molar-refractivity contribution in [3.05, 3.63) is 0 Å². The molecule has 0 saturated heterocycles. The first-order chi connectivity index (χ1) is 5.95. The van der Waals surface area contributed by atoms with Crippen LogP contribution >= 0.6 is 0 Å². The quantitative estimate of drug-likeness (QED) is 0.483. The predicted octanol–water partition coefficient (Wildman–Crippen LogP) is -0.573. The lowest BCUT2D eigenvalue weighted by Crippen LogP contribution is -2.30. The smallest absolute Gasteiger partial charge is 0.316 e. The number of amides is 1. The third-order valence-electron chi connectivity index (χ3n) is 1.52. The maximum absolute atomic E-state index is 10.5. The molecule has 0 spiro atoms. The van der Waals surface area contributed by atoms with Crippen molar-refractivity contribution >= 4 is 17.8 Å². The van der Waals surface area contributed by atoms with E-state index < -0.39 is 23.8 Å². The molecule has 0 rings (SSSR count). The molecule has 0 aliphatic heterocycles. The van der Waals surface area contributed by atoms with Gasteiger partial charge in [-0.25, -0.2) is 0 Å². The maximum atomic E-state index is 10.5. The molecule has 0 saturated carbocycles. The average molecular weight is 189 g/mol. The number of carbonyl (C=O) groups is 3. The van der Waals surface area contributed by atoms with Gasteiger partial charge in [0.05, 0.1) is 0 Å². The molecule has 1 amide bonds. The predicted molar refractivity (Wildman–Crippen MR) is 41.8 cm³/mol.